The highest BCUT2D eigenvalue weighted by molar-refractivity contribution is 6.72. The number of para-hydroxylation sites is 1. The molecule has 1 aromatic heterocycles. The molecule has 11 heteroatoms. The fourth-order valence-corrected chi connectivity index (χ4v) is 9.46. The number of ether oxygens (including phenoxy) is 1. The molecule has 3 aliphatic rings. The van der Waals surface area contributed by atoms with Crippen LogP contribution in [0.15, 0.2) is 54.7 Å². The molecular weight excluding hydrogens is 541 g/mol. The van der Waals surface area contributed by atoms with Gasteiger partial charge in [0.1, 0.15) is 0 Å². The Balaban J connectivity index is 1.28. The molecule has 41 heavy (non-hydrogen) atoms. The molecule has 1 N–H and O–H groups in total. The van der Waals surface area contributed by atoms with Crippen molar-refractivity contribution >= 4 is 31.6 Å². The van der Waals surface area contributed by atoms with Crippen LogP contribution in [0.3, 0.4) is 0 Å². The molecule has 0 radical (unpaired) electrons. The highest BCUT2D eigenvalue weighted by atomic mass is 28.4. The normalized spacial score (nSPS) is 25.7. The van der Waals surface area contributed by atoms with Gasteiger partial charge in [0.2, 0.25) is 14.3 Å². The zero-order valence-electron chi connectivity index (χ0n) is 23.7. The number of aliphatic hydroxyl groups excluding tert-OH is 1. The number of amides is 2. The summed E-state index contributed by atoms with van der Waals surface area (Å²) in [5, 5.41) is 17.4. The summed E-state index contributed by atoms with van der Waals surface area (Å²) in [5.41, 5.74) is 2.40. The van der Waals surface area contributed by atoms with E-state index in [1.165, 1.54) is 0 Å². The Kier molecular flexibility index (Phi) is 7.07. The van der Waals surface area contributed by atoms with Crippen LogP contribution in [0.4, 0.5) is 15.5 Å². The number of fused-ring (bicyclic) bond motifs is 2. The molecule has 2 aromatic carbocycles. The minimum absolute atomic E-state index is 0.00549. The maximum absolute atomic E-state index is 16.0. The fourth-order valence-electron chi connectivity index (χ4n) is 6.92. The largest absolute Gasteiger partial charge is 0.396 e. The van der Waals surface area contributed by atoms with Crippen molar-refractivity contribution in [2.45, 2.75) is 69.6 Å². The van der Waals surface area contributed by atoms with Crippen LogP contribution < -0.4 is 9.80 Å². The van der Waals surface area contributed by atoms with Crippen LogP contribution in [-0.4, -0.2) is 59.6 Å². The standard InChI is InChI=1S/C30H36FN5O4Si/c1-20-28(41(2,3)31)26(12-15-34-19-22(14-17-37)32-33-34)40-30(20)24-6-4-5-7-25(24)36(29(30)39)18-21-8-10-23(11-9-21)35-16-13-27(35)38/h4-11,19-20,26,28,37H,12-18H2,1-3H3/t20-,26+,28-,30+/m0/s1. The number of nitrogens with zero attached hydrogens (tertiary/aromatic N) is 5. The Labute approximate surface area is 240 Å². The van der Waals surface area contributed by atoms with Gasteiger partial charge in [0, 0.05) is 61.4 Å². The average Bonchev–Trinajstić information content (AvgIpc) is 3.58. The molecule has 4 heterocycles. The highest BCUT2D eigenvalue weighted by Gasteiger charge is 2.66. The molecule has 3 aromatic rings. The quantitative estimate of drug-likeness (QED) is 0.235. The van der Waals surface area contributed by atoms with E-state index in [1.807, 2.05) is 55.5 Å². The van der Waals surface area contributed by atoms with Crippen LogP contribution in [0, 0.1) is 5.92 Å². The van der Waals surface area contributed by atoms with Crippen LogP contribution in [0.2, 0.25) is 18.6 Å². The number of aryl methyl sites for hydroxylation is 1. The summed E-state index contributed by atoms with van der Waals surface area (Å²) in [6.07, 6.45) is 2.81. The number of rotatable bonds is 9. The van der Waals surface area contributed by atoms with Gasteiger partial charge < -0.3 is 23.8 Å². The first kappa shape index (κ1) is 27.7. The van der Waals surface area contributed by atoms with Crippen molar-refractivity contribution < 1.29 is 23.5 Å². The number of benzene rings is 2. The number of hydrogen-bond donors (Lipinski definition) is 1. The number of hydrogen-bond acceptors (Lipinski definition) is 6. The first-order valence-corrected chi connectivity index (χ1v) is 17.3. The maximum atomic E-state index is 16.0. The summed E-state index contributed by atoms with van der Waals surface area (Å²) in [4.78, 5) is 29.8. The molecule has 2 fully saturated rings. The third-order valence-corrected chi connectivity index (χ3v) is 11.4. The Hall–Kier alpha value is -3.41. The van der Waals surface area contributed by atoms with Gasteiger partial charge in [0.05, 0.1) is 24.0 Å². The van der Waals surface area contributed by atoms with Crippen molar-refractivity contribution in [1.29, 1.82) is 0 Å². The van der Waals surface area contributed by atoms with E-state index in [0.717, 1.165) is 29.0 Å². The molecule has 2 amide bonds. The molecule has 0 bridgehead atoms. The van der Waals surface area contributed by atoms with Crippen molar-refractivity contribution in [3.63, 3.8) is 0 Å². The Morgan fingerprint density at radius 2 is 1.90 bits per heavy atom. The molecule has 0 aliphatic carbocycles. The lowest BCUT2D eigenvalue weighted by molar-refractivity contribution is -0.146. The molecule has 3 aliphatic heterocycles. The van der Waals surface area contributed by atoms with Gasteiger partial charge in [0.15, 0.2) is 5.60 Å². The van der Waals surface area contributed by atoms with Crippen LogP contribution in [0.25, 0.3) is 0 Å². The first-order valence-electron chi connectivity index (χ1n) is 14.3. The van der Waals surface area contributed by atoms with Gasteiger partial charge in [-0.15, -0.1) is 5.10 Å². The predicted molar refractivity (Wildman–Crippen MR) is 155 cm³/mol. The van der Waals surface area contributed by atoms with E-state index in [1.54, 1.807) is 33.8 Å². The number of anilines is 2. The SMILES string of the molecule is C[C@H]1[C@H]([Si](C)(C)F)[C@@H](CCn2cc(CCO)nn2)O[C@]12C(=O)N(Cc1ccc(N3CCC3=O)cc1)c1ccccc12. The van der Waals surface area contributed by atoms with E-state index in [2.05, 4.69) is 10.3 Å². The lowest BCUT2D eigenvalue weighted by Gasteiger charge is -2.31. The molecular formula is C30H36FN5O4Si. The zero-order valence-corrected chi connectivity index (χ0v) is 24.7. The van der Waals surface area contributed by atoms with Gasteiger partial charge >= 0.3 is 0 Å². The molecule has 1 spiro atoms. The van der Waals surface area contributed by atoms with Crippen molar-refractivity contribution in [3.05, 3.63) is 71.5 Å². The Bertz CT molecular complexity index is 1460. The summed E-state index contributed by atoms with van der Waals surface area (Å²) < 4.78 is 24.5. The van der Waals surface area contributed by atoms with Gasteiger partial charge in [-0.2, -0.15) is 0 Å². The lowest BCUT2D eigenvalue weighted by Crippen LogP contribution is -2.45. The minimum atomic E-state index is -3.26. The van der Waals surface area contributed by atoms with Crippen molar-refractivity contribution in [3.8, 4) is 0 Å². The van der Waals surface area contributed by atoms with E-state index >= 15 is 4.11 Å². The topological polar surface area (TPSA) is 101 Å². The summed E-state index contributed by atoms with van der Waals surface area (Å²) in [5.74, 6) is -0.406. The second kappa shape index (κ2) is 10.5. The second-order valence-electron chi connectivity index (χ2n) is 11.9. The Morgan fingerprint density at radius 1 is 1.15 bits per heavy atom. The summed E-state index contributed by atoms with van der Waals surface area (Å²) in [7, 11) is -3.26. The number of aromatic nitrogens is 3. The first-order chi connectivity index (χ1) is 19.6. The molecule has 216 valence electrons. The zero-order chi connectivity index (χ0) is 28.9. The van der Waals surface area contributed by atoms with E-state index < -0.39 is 25.7 Å². The number of halogens is 1. The van der Waals surface area contributed by atoms with Gasteiger partial charge in [-0.25, -0.2) is 0 Å². The third-order valence-electron chi connectivity index (χ3n) is 8.90. The van der Waals surface area contributed by atoms with Crippen LogP contribution in [0.5, 0.6) is 0 Å². The maximum Gasteiger partial charge on any atom is 0.264 e. The molecule has 0 saturated carbocycles. The van der Waals surface area contributed by atoms with Gasteiger partial charge in [-0.3, -0.25) is 14.3 Å². The smallest absolute Gasteiger partial charge is 0.264 e. The van der Waals surface area contributed by atoms with E-state index in [4.69, 9.17) is 4.74 Å². The molecule has 2 saturated heterocycles. The van der Waals surface area contributed by atoms with Gasteiger partial charge in [-0.1, -0.05) is 42.5 Å². The summed E-state index contributed by atoms with van der Waals surface area (Å²) >= 11 is 0. The number of carbonyl (C=O) groups is 2. The monoisotopic (exact) mass is 577 g/mol. The predicted octanol–water partition coefficient (Wildman–Crippen LogP) is 3.96. The van der Waals surface area contributed by atoms with Crippen LogP contribution in [-0.2, 0) is 39.4 Å². The van der Waals surface area contributed by atoms with Gasteiger partial charge in [-0.05, 0) is 43.3 Å². The van der Waals surface area contributed by atoms with E-state index in [-0.39, 0.29) is 24.3 Å². The number of aliphatic hydroxyl groups is 1. The van der Waals surface area contributed by atoms with Crippen molar-refractivity contribution in [1.82, 2.24) is 15.0 Å². The molecule has 4 atom stereocenters. The second-order valence-corrected chi connectivity index (χ2v) is 15.7. The summed E-state index contributed by atoms with van der Waals surface area (Å²) in [6.45, 7) is 6.90. The lowest BCUT2D eigenvalue weighted by atomic mass is 9.82. The molecule has 0 unspecified atom stereocenters. The molecule has 6 rings (SSSR count). The fraction of sp³-hybridized carbons (Fsp3) is 0.467. The molecule has 9 nitrogen and oxygen atoms in total. The van der Waals surface area contributed by atoms with Crippen LogP contribution >= 0.6 is 0 Å². The minimum Gasteiger partial charge on any atom is -0.396 e. The number of β-lactam (4-membered cyclic amide) rings is 1. The van der Waals surface area contributed by atoms with E-state index in [0.29, 0.717) is 38.0 Å². The number of carbonyl (C=O) groups excluding carboxylic acids is 2. The summed E-state index contributed by atoms with van der Waals surface area (Å²) in [6, 6.07) is 15.4. The highest BCUT2D eigenvalue weighted by Crippen LogP contribution is 2.60. The van der Waals surface area contributed by atoms with Crippen molar-refractivity contribution in [2.75, 3.05) is 23.0 Å². The van der Waals surface area contributed by atoms with E-state index in [9.17, 15) is 14.7 Å². The average molecular weight is 578 g/mol. The van der Waals surface area contributed by atoms with Crippen molar-refractivity contribution in [2.24, 2.45) is 5.92 Å². The van der Waals surface area contributed by atoms with Gasteiger partial charge in [0.25, 0.3) is 5.91 Å². The van der Waals surface area contributed by atoms with Crippen LogP contribution in [0.1, 0.15) is 36.6 Å². The Morgan fingerprint density at radius 3 is 2.56 bits per heavy atom. The third kappa shape index (κ3) is 4.69.